The van der Waals surface area contributed by atoms with Crippen molar-refractivity contribution in [3.8, 4) is 5.75 Å². The highest BCUT2D eigenvalue weighted by atomic mass is 16.3. The van der Waals surface area contributed by atoms with Gasteiger partial charge in [-0.1, -0.05) is 19.1 Å². The normalized spacial score (nSPS) is 18.1. The van der Waals surface area contributed by atoms with E-state index in [4.69, 9.17) is 5.73 Å². The Balaban J connectivity index is 1.81. The highest BCUT2D eigenvalue weighted by Gasteiger charge is 2.37. The zero-order chi connectivity index (χ0) is 13.2. The Morgan fingerprint density at radius 1 is 1.44 bits per heavy atom. The lowest BCUT2D eigenvalue weighted by atomic mass is 10.1. The third-order valence-electron chi connectivity index (χ3n) is 3.52. The molecule has 0 aromatic heterocycles. The van der Waals surface area contributed by atoms with Gasteiger partial charge in [-0.25, -0.2) is 0 Å². The molecule has 1 aromatic carbocycles. The van der Waals surface area contributed by atoms with E-state index >= 15 is 0 Å². The lowest BCUT2D eigenvalue weighted by molar-refractivity contribution is -0.122. The fraction of sp³-hybridized carbons (Fsp3) is 0.500. The van der Waals surface area contributed by atoms with Crippen molar-refractivity contribution in [3.05, 3.63) is 29.8 Å². The maximum atomic E-state index is 11.8. The molecule has 1 aliphatic rings. The van der Waals surface area contributed by atoms with Gasteiger partial charge in [0.25, 0.3) is 0 Å². The van der Waals surface area contributed by atoms with Crippen molar-refractivity contribution in [1.29, 1.82) is 0 Å². The molecule has 1 aliphatic carbocycles. The van der Waals surface area contributed by atoms with Crippen LogP contribution in [0.1, 0.15) is 25.3 Å². The van der Waals surface area contributed by atoms with Crippen LogP contribution in [0.2, 0.25) is 0 Å². The molecule has 1 saturated carbocycles. The van der Waals surface area contributed by atoms with Gasteiger partial charge in [0.15, 0.2) is 0 Å². The first kappa shape index (κ1) is 12.9. The summed E-state index contributed by atoms with van der Waals surface area (Å²) < 4.78 is 0. The molecule has 0 spiro atoms. The second kappa shape index (κ2) is 4.98. The maximum Gasteiger partial charge on any atom is 0.237 e. The first-order valence-electron chi connectivity index (χ1n) is 6.30. The number of hydrogen-bond donors (Lipinski definition) is 3. The molecular weight excluding hydrogens is 228 g/mol. The summed E-state index contributed by atoms with van der Waals surface area (Å²) in [5.41, 5.74) is 7.11. The summed E-state index contributed by atoms with van der Waals surface area (Å²) in [6, 6.07) is 6.24. The molecule has 0 bridgehead atoms. The van der Waals surface area contributed by atoms with Crippen molar-refractivity contribution in [2.75, 3.05) is 6.54 Å². The Hall–Kier alpha value is -1.55. The summed E-state index contributed by atoms with van der Waals surface area (Å²) in [5, 5.41) is 12.1. The second-order valence-electron chi connectivity index (χ2n) is 5.51. The van der Waals surface area contributed by atoms with Crippen molar-refractivity contribution in [2.45, 2.75) is 32.2 Å². The molecular formula is C14H20N2O2. The van der Waals surface area contributed by atoms with Gasteiger partial charge in [0, 0.05) is 6.54 Å². The minimum Gasteiger partial charge on any atom is -0.508 e. The lowest BCUT2D eigenvalue weighted by Gasteiger charge is -2.15. The monoisotopic (exact) mass is 248 g/mol. The highest BCUT2D eigenvalue weighted by Crippen LogP contribution is 2.43. The minimum atomic E-state index is -0.531. The number of nitrogens with two attached hydrogens (primary N) is 1. The van der Waals surface area contributed by atoms with E-state index in [1.165, 1.54) is 12.8 Å². The summed E-state index contributed by atoms with van der Waals surface area (Å²) in [6.07, 6.45) is 2.85. The molecule has 4 nitrogen and oxygen atoms in total. The van der Waals surface area contributed by atoms with Crippen molar-refractivity contribution in [2.24, 2.45) is 11.1 Å². The number of hydrogen-bond acceptors (Lipinski definition) is 3. The number of benzene rings is 1. The zero-order valence-electron chi connectivity index (χ0n) is 10.6. The molecule has 0 heterocycles. The third kappa shape index (κ3) is 3.47. The molecule has 18 heavy (non-hydrogen) atoms. The summed E-state index contributed by atoms with van der Waals surface area (Å²) in [6.45, 7) is 2.88. The van der Waals surface area contributed by atoms with Crippen molar-refractivity contribution in [1.82, 2.24) is 5.32 Å². The minimum absolute atomic E-state index is 0.101. The van der Waals surface area contributed by atoms with Crippen LogP contribution in [0.15, 0.2) is 24.3 Å². The Kier molecular flexibility index (Phi) is 3.57. The van der Waals surface area contributed by atoms with E-state index in [2.05, 4.69) is 12.2 Å². The second-order valence-corrected chi connectivity index (χ2v) is 5.51. The van der Waals surface area contributed by atoms with Crippen LogP contribution in [-0.2, 0) is 11.2 Å². The van der Waals surface area contributed by atoms with E-state index in [1.54, 1.807) is 24.3 Å². The van der Waals surface area contributed by atoms with Crippen LogP contribution in [0.5, 0.6) is 5.75 Å². The van der Waals surface area contributed by atoms with Crippen molar-refractivity contribution in [3.63, 3.8) is 0 Å². The van der Waals surface area contributed by atoms with Crippen molar-refractivity contribution < 1.29 is 9.90 Å². The topological polar surface area (TPSA) is 75.4 Å². The largest absolute Gasteiger partial charge is 0.508 e. The highest BCUT2D eigenvalue weighted by molar-refractivity contribution is 5.81. The average molecular weight is 248 g/mol. The molecule has 1 aromatic rings. The van der Waals surface area contributed by atoms with Crippen LogP contribution in [-0.4, -0.2) is 23.6 Å². The van der Waals surface area contributed by atoms with Crippen LogP contribution < -0.4 is 11.1 Å². The van der Waals surface area contributed by atoms with Crippen LogP contribution in [0.25, 0.3) is 0 Å². The fourth-order valence-corrected chi connectivity index (χ4v) is 1.80. The van der Waals surface area contributed by atoms with Crippen LogP contribution in [0, 0.1) is 5.41 Å². The SMILES string of the molecule is CC1(CNC(=O)C(N)Cc2ccc(O)cc2)CC1. The molecule has 1 unspecified atom stereocenters. The number of phenols is 1. The Morgan fingerprint density at radius 2 is 2.06 bits per heavy atom. The van der Waals surface area contributed by atoms with E-state index in [9.17, 15) is 9.90 Å². The number of rotatable bonds is 5. The number of carbonyl (C=O) groups excluding carboxylic acids is 1. The molecule has 98 valence electrons. The van der Waals surface area contributed by atoms with Gasteiger partial charge in [-0.15, -0.1) is 0 Å². The number of carbonyl (C=O) groups is 1. The molecule has 1 atom stereocenters. The first-order valence-corrected chi connectivity index (χ1v) is 6.30. The molecule has 1 fully saturated rings. The number of aromatic hydroxyl groups is 1. The summed E-state index contributed by atoms with van der Waals surface area (Å²) in [7, 11) is 0. The quantitative estimate of drug-likeness (QED) is 0.732. The first-order chi connectivity index (χ1) is 8.48. The van der Waals surface area contributed by atoms with Gasteiger partial charge < -0.3 is 16.2 Å². The van der Waals surface area contributed by atoms with Gasteiger partial charge in [-0.05, 0) is 42.4 Å². The lowest BCUT2D eigenvalue weighted by Crippen LogP contribution is -2.43. The summed E-state index contributed by atoms with van der Waals surface area (Å²) in [5.74, 6) is 0.120. The van der Waals surface area contributed by atoms with Gasteiger partial charge in [-0.3, -0.25) is 4.79 Å². The maximum absolute atomic E-state index is 11.8. The van der Waals surface area contributed by atoms with Gasteiger partial charge in [0.2, 0.25) is 5.91 Å². The van der Waals surface area contributed by atoms with Crippen LogP contribution >= 0.6 is 0 Å². The molecule has 1 amide bonds. The third-order valence-corrected chi connectivity index (χ3v) is 3.52. The average Bonchev–Trinajstić information content (AvgIpc) is 3.08. The predicted octanol–water partition coefficient (Wildman–Crippen LogP) is 1.18. The molecule has 4 heteroatoms. The van der Waals surface area contributed by atoms with Crippen LogP contribution in [0.3, 0.4) is 0 Å². The van der Waals surface area contributed by atoms with E-state index in [-0.39, 0.29) is 11.7 Å². The van der Waals surface area contributed by atoms with Crippen molar-refractivity contribution >= 4 is 5.91 Å². The smallest absolute Gasteiger partial charge is 0.237 e. The predicted molar refractivity (Wildman–Crippen MR) is 70.1 cm³/mol. The Labute approximate surface area is 107 Å². The fourth-order valence-electron chi connectivity index (χ4n) is 1.80. The molecule has 0 radical (unpaired) electrons. The van der Waals surface area contributed by atoms with Gasteiger partial charge in [0.1, 0.15) is 5.75 Å². The van der Waals surface area contributed by atoms with Gasteiger partial charge in [0.05, 0.1) is 6.04 Å². The molecule has 2 rings (SSSR count). The standard InChI is InChI=1S/C14H20N2O2/c1-14(6-7-14)9-16-13(18)12(15)8-10-2-4-11(17)5-3-10/h2-5,12,17H,6-9,15H2,1H3,(H,16,18). The molecule has 4 N–H and O–H groups in total. The van der Waals surface area contributed by atoms with Gasteiger partial charge >= 0.3 is 0 Å². The summed E-state index contributed by atoms with van der Waals surface area (Å²) in [4.78, 5) is 11.8. The Morgan fingerprint density at radius 3 is 2.61 bits per heavy atom. The van der Waals surface area contributed by atoms with Gasteiger partial charge in [-0.2, -0.15) is 0 Å². The van der Waals surface area contributed by atoms with E-state index in [1.807, 2.05) is 0 Å². The summed E-state index contributed by atoms with van der Waals surface area (Å²) >= 11 is 0. The zero-order valence-corrected chi connectivity index (χ0v) is 10.6. The number of amides is 1. The van der Waals surface area contributed by atoms with Crippen LogP contribution in [0.4, 0.5) is 0 Å². The van der Waals surface area contributed by atoms with E-state index in [0.717, 1.165) is 12.1 Å². The van der Waals surface area contributed by atoms with E-state index < -0.39 is 6.04 Å². The number of phenolic OH excluding ortho intramolecular Hbond substituents is 1. The van der Waals surface area contributed by atoms with E-state index in [0.29, 0.717) is 11.8 Å². The number of nitrogens with one attached hydrogen (secondary N) is 1. The molecule has 0 aliphatic heterocycles. The Bertz CT molecular complexity index is 424. The molecule has 0 saturated heterocycles.